The smallest absolute Gasteiger partial charge is 0.158 e. The molecule has 0 radical (unpaired) electrons. The first-order valence-electron chi connectivity index (χ1n) is 9.54. The first-order valence-corrected chi connectivity index (χ1v) is 9.54. The number of nitrogens with zero attached hydrogens (tertiary/aromatic N) is 1. The Morgan fingerprint density at radius 2 is 1.75 bits per heavy atom. The Labute approximate surface area is 147 Å². The summed E-state index contributed by atoms with van der Waals surface area (Å²) in [5.41, 5.74) is 2.98. The van der Waals surface area contributed by atoms with Crippen molar-refractivity contribution in [3.8, 4) is 0 Å². The SMILES string of the molecule is CC(C)(C)c1ccc(CC[C@H]2OC[C@H](C[N+]3(C)CCCC3)O2)cc1. The van der Waals surface area contributed by atoms with Gasteiger partial charge in [0.15, 0.2) is 6.29 Å². The fraction of sp³-hybridized carbons (Fsp3) is 0.714. The van der Waals surface area contributed by atoms with Crippen LogP contribution >= 0.6 is 0 Å². The molecule has 3 rings (SSSR count). The van der Waals surface area contributed by atoms with Gasteiger partial charge in [0.2, 0.25) is 0 Å². The van der Waals surface area contributed by atoms with Crippen molar-refractivity contribution >= 4 is 0 Å². The van der Waals surface area contributed by atoms with Gasteiger partial charge in [0.1, 0.15) is 12.6 Å². The topological polar surface area (TPSA) is 18.5 Å². The minimum atomic E-state index is -0.0218. The van der Waals surface area contributed by atoms with E-state index in [1.165, 1.54) is 37.1 Å². The lowest BCUT2D eigenvalue weighted by atomic mass is 9.86. The normalized spacial score (nSPS) is 26.8. The highest BCUT2D eigenvalue weighted by Gasteiger charge is 2.35. The van der Waals surface area contributed by atoms with Gasteiger partial charge in [-0.2, -0.15) is 0 Å². The molecule has 24 heavy (non-hydrogen) atoms. The molecule has 3 heteroatoms. The van der Waals surface area contributed by atoms with Crippen molar-refractivity contribution in [3.63, 3.8) is 0 Å². The maximum Gasteiger partial charge on any atom is 0.158 e. The van der Waals surface area contributed by atoms with Crippen LogP contribution in [-0.2, 0) is 21.3 Å². The lowest BCUT2D eigenvalue weighted by Crippen LogP contribution is -2.47. The molecule has 0 saturated carbocycles. The maximum absolute atomic E-state index is 6.15. The predicted octanol–water partition coefficient (Wildman–Crippen LogP) is 3.90. The van der Waals surface area contributed by atoms with Gasteiger partial charge in [-0.1, -0.05) is 45.0 Å². The van der Waals surface area contributed by atoms with Crippen LogP contribution in [0, 0.1) is 0 Å². The first kappa shape index (κ1) is 17.9. The molecule has 0 N–H and O–H groups in total. The molecule has 0 aliphatic carbocycles. The van der Waals surface area contributed by atoms with E-state index < -0.39 is 0 Å². The van der Waals surface area contributed by atoms with Crippen LogP contribution in [0.4, 0.5) is 0 Å². The second-order valence-corrected chi connectivity index (χ2v) is 8.96. The summed E-state index contributed by atoms with van der Waals surface area (Å²) in [4.78, 5) is 0. The number of hydrogen-bond donors (Lipinski definition) is 0. The molecule has 0 unspecified atom stereocenters. The molecule has 2 aliphatic rings. The Morgan fingerprint density at radius 1 is 1.08 bits per heavy atom. The van der Waals surface area contributed by atoms with Gasteiger partial charge in [0.05, 0.1) is 26.7 Å². The van der Waals surface area contributed by atoms with E-state index in [0.717, 1.165) is 30.5 Å². The molecular formula is C21H34NO2+. The lowest BCUT2D eigenvalue weighted by Gasteiger charge is -2.31. The average molecular weight is 333 g/mol. The zero-order chi connectivity index (χ0) is 17.2. The van der Waals surface area contributed by atoms with Gasteiger partial charge in [-0.3, -0.25) is 0 Å². The van der Waals surface area contributed by atoms with Crippen LogP contribution in [-0.4, -0.2) is 50.2 Å². The van der Waals surface area contributed by atoms with Crippen LogP contribution in [0.1, 0.15) is 51.2 Å². The Kier molecular flexibility index (Phi) is 5.33. The Balaban J connectivity index is 1.44. The summed E-state index contributed by atoms with van der Waals surface area (Å²) in [6.07, 6.45) is 4.95. The highest BCUT2D eigenvalue weighted by Crippen LogP contribution is 2.25. The number of quaternary nitrogens is 1. The largest absolute Gasteiger partial charge is 0.350 e. The molecule has 2 saturated heterocycles. The van der Waals surface area contributed by atoms with E-state index in [1.54, 1.807) is 0 Å². The first-order chi connectivity index (χ1) is 11.3. The molecule has 1 aromatic rings. The standard InChI is InChI=1S/C21H34NO2/c1-21(2,3)18-10-7-17(8-11-18)9-12-20-23-16-19(24-20)15-22(4)13-5-6-14-22/h7-8,10-11,19-20H,5-6,9,12-16H2,1-4H3/q+1/t19-,20-/m0/s1. The summed E-state index contributed by atoms with van der Waals surface area (Å²) in [5, 5.41) is 0. The molecule has 2 atom stereocenters. The monoisotopic (exact) mass is 332 g/mol. The molecule has 2 heterocycles. The van der Waals surface area contributed by atoms with E-state index in [1.807, 2.05) is 0 Å². The molecule has 0 aromatic heterocycles. The van der Waals surface area contributed by atoms with Crippen molar-refractivity contribution in [2.24, 2.45) is 0 Å². The number of likely N-dealkylation sites (N-methyl/N-ethyl adjacent to an activating group) is 1. The molecule has 134 valence electrons. The Morgan fingerprint density at radius 3 is 2.38 bits per heavy atom. The minimum Gasteiger partial charge on any atom is -0.350 e. The quantitative estimate of drug-likeness (QED) is 0.762. The molecule has 0 spiro atoms. The zero-order valence-corrected chi connectivity index (χ0v) is 15.9. The highest BCUT2D eigenvalue weighted by molar-refractivity contribution is 5.27. The van der Waals surface area contributed by atoms with E-state index in [-0.39, 0.29) is 17.8 Å². The fourth-order valence-electron chi connectivity index (χ4n) is 3.98. The van der Waals surface area contributed by atoms with Gasteiger partial charge in [0.25, 0.3) is 0 Å². The number of hydrogen-bond acceptors (Lipinski definition) is 2. The number of rotatable bonds is 5. The third-order valence-electron chi connectivity index (χ3n) is 5.59. The average Bonchev–Trinajstić information content (AvgIpc) is 3.14. The predicted molar refractivity (Wildman–Crippen MR) is 98.1 cm³/mol. The van der Waals surface area contributed by atoms with Crippen LogP contribution in [0.2, 0.25) is 0 Å². The molecule has 0 amide bonds. The van der Waals surface area contributed by atoms with Crippen LogP contribution in [0.5, 0.6) is 0 Å². The Hall–Kier alpha value is -0.900. The van der Waals surface area contributed by atoms with Crippen LogP contribution in [0.15, 0.2) is 24.3 Å². The van der Waals surface area contributed by atoms with E-state index in [0.29, 0.717) is 0 Å². The summed E-state index contributed by atoms with van der Waals surface area (Å²) in [7, 11) is 2.36. The third kappa shape index (κ3) is 4.59. The van der Waals surface area contributed by atoms with Gasteiger partial charge in [-0.05, 0) is 23.0 Å². The molecule has 0 bridgehead atoms. The van der Waals surface area contributed by atoms with Crippen LogP contribution in [0.25, 0.3) is 0 Å². The fourth-order valence-corrected chi connectivity index (χ4v) is 3.98. The summed E-state index contributed by atoms with van der Waals surface area (Å²) >= 11 is 0. The molecule has 3 nitrogen and oxygen atoms in total. The van der Waals surface area contributed by atoms with Crippen molar-refractivity contribution in [1.82, 2.24) is 0 Å². The highest BCUT2D eigenvalue weighted by atomic mass is 16.7. The van der Waals surface area contributed by atoms with Gasteiger partial charge < -0.3 is 14.0 Å². The van der Waals surface area contributed by atoms with E-state index in [4.69, 9.17) is 9.47 Å². The van der Waals surface area contributed by atoms with Crippen LogP contribution in [0.3, 0.4) is 0 Å². The van der Waals surface area contributed by atoms with E-state index in [2.05, 4.69) is 52.1 Å². The number of likely N-dealkylation sites (tertiary alicyclic amines) is 1. The lowest BCUT2D eigenvalue weighted by molar-refractivity contribution is -0.900. The number of ether oxygens (including phenoxy) is 2. The van der Waals surface area contributed by atoms with E-state index >= 15 is 0 Å². The van der Waals surface area contributed by atoms with Gasteiger partial charge in [0, 0.05) is 19.3 Å². The molecular weight excluding hydrogens is 298 g/mol. The number of benzene rings is 1. The summed E-state index contributed by atoms with van der Waals surface area (Å²) < 4.78 is 13.2. The van der Waals surface area contributed by atoms with Gasteiger partial charge in [-0.15, -0.1) is 0 Å². The van der Waals surface area contributed by atoms with Crippen molar-refractivity contribution in [1.29, 1.82) is 0 Å². The van der Waals surface area contributed by atoms with E-state index in [9.17, 15) is 0 Å². The second-order valence-electron chi connectivity index (χ2n) is 8.96. The van der Waals surface area contributed by atoms with Crippen molar-refractivity contribution in [2.75, 3.05) is 33.3 Å². The van der Waals surface area contributed by atoms with Crippen molar-refractivity contribution in [2.45, 2.75) is 64.3 Å². The molecule has 2 fully saturated rings. The summed E-state index contributed by atoms with van der Waals surface area (Å²) in [6.45, 7) is 11.2. The minimum absolute atomic E-state index is 0.0218. The maximum atomic E-state index is 6.15. The summed E-state index contributed by atoms with van der Waals surface area (Å²) in [5.74, 6) is 0. The zero-order valence-electron chi connectivity index (χ0n) is 15.9. The van der Waals surface area contributed by atoms with Gasteiger partial charge >= 0.3 is 0 Å². The van der Waals surface area contributed by atoms with Gasteiger partial charge in [-0.25, -0.2) is 0 Å². The molecule has 2 aliphatic heterocycles. The number of aryl methyl sites for hydroxylation is 1. The molecule has 1 aromatic carbocycles. The van der Waals surface area contributed by atoms with Crippen molar-refractivity contribution in [3.05, 3.63) is 35.4 Å². The second kappa shape index (κ2) is 7.15. The van der Waals surface area contributed by atoms with Crippen molar-refractivity contribution < 1.29 is 14.0 Å². The summed E-state index contributed by atoms with van der Waals surface area (Å²) in [6, 6.07) is 9.02. The third-order valence-corrected chi connectivity index (χ3v) is 5.59. The van der Waals surface area contributed by atoms with Crippen LogP contribution < -0.4 is 0 Å². The Bertz CT molecular complexity index is 526.